The van der Waals surface area contributed by atoms with Gasteiger partial charge in [0.2, 0.25) is 0 Å². The van der Waals surface area contributed by atoms with Gasteiger partial charge in [0, 0.05) is 17.0 Å². The second-order valence-corrected chi connectivity index (χ2v) is 7.09. The van der Waals surface area contributed by atoms with E-state index in [9.17, 15) is 0 Å². The Morgan fingerprint density at radius 2 is 2.20 bits per heavy atom. The quantitative estimate of drug-likeness (QED) is 0.730. The van der Waals surface area contributed by atoms with E-state index in [-0.39, 0.29) is 5.41 Å². The zero-order chi connectivity index (χ0) is 13.5. The third-order valence-corrected chi connectivity index (χ3v) is 6.25. The second-order valence-electron chi connectivity index (χ2n) is 7.09. The molecule has 20 heavy (non-hydrogen) atoms. The number of allylic oxidation sites excluding steroid dienone is 1. The van der Waals surface area contributed by atoms with Crippen LogP contribution >= 0.6 is 0 Å². The van der Waals surface area contributed by atoms with Crippen LogP contribution in [0, 0.1) is 12.8 Å². The van der Waals surface area contributed by atoms with E-state index in [1.165, 1.54) is 41.7 Å². The second kappa shape index (κ2) is 3.48. The summed E-state index contributed by atoms with van der Waals surface area (Å²) in [4.78, 5) is 0. The minimum absolute atomic E-state index is 0.268. The Kier molecular flexibility index (Phi) is 1.98. The van der Waals surface area contributed by atoms with Crippen molar-refractivity contribution in [1.82, 2.24) is 5.32 Å². The molecule has 2 heteroatoms. The minimum Gasteiger partial charge on any atom is -0.485 e. The van der Waals surface area contributed by atoms with Gasteiger partial charge in [0.05, 0.1) is 0 Å². The highest BCUT2D eigenvalue weighted by molar-refractivity contribution is 5.59. The Morgan fingerprint density at radius 3 is 3.10 bits per heavy atom. The van der Waals surface area contributed by atoms with E-state index < -0.39 is 0 Å². The van der Waals surface area contributed by atoms with Crippen molar-refractivity contribution in [3.8, 4) is 5.75 Å². The van der Waals surface area contributed by atoms with Gasteiger partial charge in [0.25, 0.3) is 0 Å². The maximum Gasteiger partial charge on any atom is 0.130 e. The summed E-state index contributed by atoms with van der Waals surface area (Å²) in [7, 11) is 0. The Morgan fingerprint density at radius 1 is 1.30 bits per heavy atom. The van der Waals surface area contributed by atoms with Gasteiger partial charge >= 0.3 is 0 Å². The van der Waals surface area contributed by atoms with E-state index >= 15 is 0 Å². The standard InChI is InChI=1S/C18H21NO/c1-10-3-5-12-9-14-13-6-4-11(2)17-18(13,7-8-19-14)15(12)16(10)20-17/h3-5,13-14,17,19H,6-9H2,1-2H3. The van der Waals surface area contributed by atoms with Crippen LogP contribution in [0.25, 0.3) is 0 Å². The van der Waals surface area contributed by atoms with Crippen molar-refractivity contribution in [3.05, 3.63) is 40.5 Å². The van der Waals surface area contributed by atoms with E-state index in [1.807, 2.05) is 0 Å². The van der Waals surface area contributed by atoms with Gasteiger partial charge < -0.3 is 10.1 Å². The molecule has 0 amide bonds. The molecule has 0 aromatic heterocycles. The van der Waals surface area contributed by atoms with Gasteiger partial charge in [0.15, 0.2) is 0 Å². The summed E-state index contributed by atoms with van der Waals surface area (Å²) in [5, 5.41) is 3.77. The molecule has 4 atom stereocenters. The van der Waals surface area contributed by atoms with Gasteiger partial charge in [-0.3, -0.25) is 0 Å². The van der Waals surface area contributed by atoms with E-state index in [4.69, 9.17) is 4.74 Å². The average molecular weight is 267 g/mol. The maximum absolute atomic E-state index is 6.53. The van der Waals surface area contributed by atoms with Crippen molar-refractivity contribution < 1.29 is 4.74 Å². The Hall–Kier alpha value is -1.28. The largest absolute Gasteiger partial charge is 0.485 e. The lowest BCUT2D eigenvalue weighted by Gasteiger charge is -2.54. The van der Waals surface area contributed by atoms with Crippen molar-refractivity contribution in [2.24, 2.45) is 5.92 Å². The van der Waals surface area contributed by atoms with Gasteiger partial charge in [-0.25, -0.2) is 0 Å². The van der Waals surface area contributed by atoms with Crippen molar-refractivity contribution in [3.63, 3.8) is 0 Å². The highest BCUT2D eigenvalue weighted by Crippen LogP contribution is 2.61. The zero-order valence-electron chi connectivity index (χ0n) is 12.2. The average Bonchev–Trinajstić information content (AvgIpc) is 2.78. The molecule has 2 nitrogen and oxygen atoms in total. The third-order valence-electron chi connectivity index (χ3n) is 6.25. The fraction of sp³-hybridized carbons (Fsp3) is 0.556. The number of ether oxygens (including phenoxy) is 1. The van der Waals surface area contributed by atoms with Crippen LogP contribution in [-0.2, 0) is 11.8 Å². The van der Waals surface area contributed by atoms with Crippen molar-refractivity contribution in [2.75, 3.05) is 6.54 Å². The van der Waals surface area contributed by atoms with Gasteiger partial charge in [-0.05, 0) is 62.3 Å². The highest BCUT2D eigenvalue weighted by Gasteiger charge is 2.61. The molecule has 0 saturated carbocycles. The van der Waals surface area contributed by atoms with Crippen molar-refractivity contribution in [2.45, 2.75) is 50.7 Å². The summed E-state index contributed by atoms with van der Waals surface area (Å²) >= 11 is 0. The van der Waals surface area contributed by atoms with Crippen molar-refractivity contribution >= 4 is 0 Å². The Balaban J connectivity index is 1.87. The summed E-state index contributed by atoms with van der Waals surface area (Å²) < 4.78 is 6.53. The summed E-state index contributed by atoms with van der Waals surface area (Å²) in [6.45, 7) is 5.61. The van der Waals surface area contributed by atoms with Crippen LogP contribution in [0.2, 0.25) is 0 Å². The summed E-state index contributed by atoms with van der Waals surface area (Å²) in [6, 6.07) is 5.24. The Bertz CT molecular complexity index is 647. The SMILES string of the molecule is CC1=CCC2C3Cc4ccc(C)c5c4C2(CCN3)C1O5. The molecular formula is C18H21NO. The number of benzene rings is 1. The van der Waals surface area contributed by atoms with Gasteiger partial charge in [0.1, 0.15) is 11.9 Å². The Labute approximate surface area is 120 Å². The number of hydrogen-bond donors (Lipinski definition) is 1. The molecular weight excluding hydrogens is 246 g/mol. The maximum atomic E-state index is 6.53. The molecule has 104 valence electrons. The minimum atomic E-state index is 0.268. The lowest BCUT2D eigenvalue weighted by atomic mass is 9.52. The van der Waals surface area contributed by atoms with Crippen LogP contribution < -0.4 is 10.1 Å². The molecule has 1 aromatic rings. The van der Waals surface area contributed by atoms with Crippen LogP contribution in [0.4, 0.5) is 0 Å². The normalized spacial score (nSPS) is 39.9. The summed E-state index contributed by atoms with van der Waals surface area (Å²) in [5.41, 5.74) is 6.15. The van der Waals surface area contributed by atoms with Crippen LogP contribution in [0.1, 0.15) is 36.5 Å². The zero-order valence-corrected chi connectivity index (χ0v) is 12.2. The lowest BCUT2D eigenvalue weighted by Crippen LogP contribution is -2.62. The van der Waals surface area contributed by atoms with E-state index in [0.29, 0.717) is 12.1 Å². The fourth-order valence-corrected chi connectivity index (χ4v) is 5.45. The first-order chi connectivity index (χ1) is 9.72. The number of aryl methyl sites for hydroxylation is 1. The van der Waals surface area contributed by atoms with Crippen LogP contribution in [0.15, 0.2) is 23.8 Å². The number of piperidine rings is 1. The monoisotopic (exact) mass is 267 g/mol. The molecule has 1 aromatic carbocycles. The molecule has 1 N–H and O–H groups in total. The van der Waals surface area contributed by atoms with Gasteiger partial charge in [-0.2, -0.15) is 0 Å². The van der Waals surface area contributed by atoms with E-state index in [1.54, 1.807) is 5.56 Å². The van der Waals surface area contributed by atoms with Crippen LogP contribution in [0.5, 0.6) is 5.75 Å². The van der Waals surface area contributed by atoms with Gasteiger partial charge in [-0.15, -0.1) is 0 Å². The molecule has 4 aliphatic rings. The predicted octanol–water partition coefficient (Wildman–Crippen LogP) is 2.88. The number of hydrogen-bond acceptors (Lipinski definition) is 2. The molecule has 4 unspecified atom stereocenters. The molecule has 2 aliphatic carbocycles. The molecule has 1 saturated heterocycles. The van der Waals surface area contributed by atoms with Crippen LogP contribution in [-0.4, -0.2) is 18.7 Å². The number of rotatable bonds is 0. The van der Waals surface area contributed by atoms with Crippen LogP contribution in [0.3, 0.4) is 0 Å². The van der Waals surface area contributed by atoms with E-state index in [0.717, 1.165) is 12.5 Å². The topological polar surface area (TPSA) is 21.3 Å². The molecule has 2 aliphatic heterocycles. The molecule has 2 bridgehead atoms. The predicted molar refractivity (Wildman–Crippen MR) is 79.2 cm³/mol. The van der Waals surface area contributed by atoms with E-state index in [2.05, 4.69) is 37.4 Å². The molecule has 1 spiro atoms. The highest BCUT2D eigenvalue weighted by atomic mass is 16.5. The fourth-order valence-electron chi connectivity index (χ4n) is 5.45. The smallest absolute Gasteiger partial charge is 0.130 e. The molecule has 2 heterocycles. The first-order valence-electron chi connectivity index (χ1n) is 7.91. The number of nitrogens with one attached hydrogen (secondary N) is 1. The molecule has 5 rings (SSSR count). The lowest BCUT2D eigenvalue weighted by molar-refractivity contribution is 0.0518. The first kappa shape index (κ1) is 11.4. The third kappa shape index (κ3) is 1.08. The molecule has 1 fully saturated rings. The summed E-state index contributed by atoms with van der Waals surface area (Å²) in [5.74, 6) is 1.94. The van der Waals surface area contributed by atoms with Gasteiger partial charge in [-0.1, -0.05) is 18.2 Å². The van der Waals surface area contributed by atoms with Crippen molar-refractivity contribution in [1.29, 1.82) is 0 Å². The first-order valence-corrected chi connectivity index (χ1v) is 7.91. The molecule has 0 radical (unpaired) electrons. The summed E-state index contributed by atoms with van der Waals surface area (Å²) in [6.07, 6.45) is 6.35.